The molecule has 9 aromatic rings. The first-order valence-corrected chi connectivity index (χ1v) is 21.7. The van der Waals surface area contributed by atoms with Crippen LogP contribution in [0.5, 0.6) is 0 Å². The van der Waals surface area contributed by atoms with Crippen LogP contribution in [0.25, 0.3) is 44.9 Å². The van der Waals surface area contributed by atoms with E-state index >= 15 is 0 Å². The maximum atomic E-state index is 5.43. The first-order chi connectivity index (χ1) is 30.7. The molecule has 0 radical (unpaired) electrons. The van der Waals surface area contributed by atoms with Crippen molar-refractivity contribution >= 4 is 11.1 Å². The Hall–Kier alpha value is -7.68. The molecule has 2 heteroatoms. The summed E-state index contributed by atoms with van der Waals surface area (Å²) in [6, 6.07) is 80.1. The SMILES string of the molecule is C1=C(c2ccccc2)CCC(c2cc(-c3ccccc3)nc(-c3cccc(C4(c5ccccc5)c5ccccc5C5(c6ccccc6)c6ccccc6-c6cccc4c65)c3)n2)=C1. The summed E-state index contributed by atoms with van der Waals surface area (Å²) in [5.41, 5.74) is 19.5. The summed E-state index contributed by atoms with van der Waals surface area (Å²) < 4.78 is 0. The number of hydrogen-bond donors (Lipinski definition) is 0. The van der Waals surface area contributed by atoms with E-state index in [4.69, 9.17) is 9.97 Å². The van der Waals surface area contributed by atoms with Crippen molar-refractivity contribution in [3.8, 4) is 33.8 Å². The van der Waals surface area contributed by atoms with Gasteiger partial charge < -0.3 is 0 Å². The van der Waals surface area contributed by atoms with Crippen molar-refractivity contribution < 1.29 is 0 Å². The number of aromatic nitrogens is 2. The number of hydrogen-bond acceptors (Lipinski definition) is 2. The molecule has 3 aliphatic carbocycles. The molecular formula is C60H42N2. The van der Waals surface area contributed by atoms with Crippen molar-refractivity contribution in [2.45, 2.75) is 23.7 Å². The van der Waals surface area contributed by atoms with Crippen LogP contribution in [0.3, 0.4) is 0 Å². The molecule has 62 heavy (non-hydrogen) atoms. The molecule has 0 bridgehead atoms. The summed E-state index contributed by atoms with van der Waals surface area (Å²) in [5, 5.41) is 0. The normalized spacial score (nSPS) is 18.2. The number of fused-ring (bicyclic) bond motifs is 5. The first kappa shape index (κ1) is 36.2. The van der Waals surface area contributed by atoms with Crippen LogP contribution in [0, 0.1) is 0 Å². The van der Waals surface area contributed by atoms with Crippen molar-refractivity contribution in [1.82, 2.24) is 9.97 Å². The summed E-state index contributed by atoms with van der Waals surface area (Å²) in [6.45, 7) is 0. The van der Waals surface area contributed by atoms with Crippen LogP contribution in [0.2, 0.25) is 0 Å². The van der Waals surface area contributed by atoms with E-state index in [9.17, 15) is 0 Å². The Labute approximate surface area is 363 Å². The highest BCUT2D eigenvalue weighted by Crippen LogP contribution is 2.65. The van der Waals surface area contributed by atoms with Gasteiger partial charge in [0.05, 0.1) is 22.2 Å². The average molecular weight is 791 g/mol. The molecule has 0 saturated carbocycles. The molecule has 1 aromatic heterocycles. The number of benzene rings is 8. The predicted octanol–water partition coefficient (Wildman–Crippen LogP) is 14.1. The predicted molar refractivity (Wildman–Crippen MR) is 254 cm³/mol. The smallest absolute Gasteiger partial charge is 0.160 e. The van der Waals surface area contributed by atoms with E-state index < -0.39 is 10.8 Å². The van der Waals surface area contributed by atoms with Crippen LogP contribution in [0.15, 0.2) is 231 Å². The molecule has 0 aliphatic heterocycles. The number of allylic oxidation sites excluding steroid dienone is 4. The summed E-state index contributed by atoms with van der Waals surface area (Å²) in [4.78, 5) is 10.8. The zero-order chi connectivity index (χ0) is 41.1. The van der Waals surface area contributed by atoms with Gasteiger partial charge in [-0.05, 0) is 97.3 Å². The second-order valence-corrected chi connectivity index (χ2v) is 16.7. The van der Waals surface area contributed by atoms with E-state index in [-0.39, 0.29) is 0 Å². The lowest BCUT2D eigenvalue weighted by Crippen LogP contribution is -2.44. The number of nitrogens with zero attached hydrogens (tertiary/aromatic N) is 2. The van der Waals surface area contributed by atoms with Crippen molar-refractivity contribution in [3.05, 3.63) is 286 Å². The van der Waals surface area contributed by atoms with Gasteiger partial charge in [-0.3, -0.25) is 0 Å². The molecule has 12 rings (SSSR count). The minimum absolute atomic E-state index is 0.499. The van der Waals surface area contributed by atoms with Crippen molar-refractivity contribution in [3.63, 3.8) is 0 Å². The van der Waals surface area contributed by atoms with Gasteiger partial charge in [0.1, 0.15) is 0 Å². The standard InChI is InChI=1S/C60H42N2/c1-5-19-41(20-6-1)42-35-37-44(38-36-42)56-40-55(43-21-7-2-8-22-43)61-58(62-56)45-23-17-28-48(39-45)59(46-24-9-3-10-25-46)52-32-15-16-33-53(52)60(47-26-11-4-12-27-47)51-31-14-13-29-49(51)50-30-18-34-54(59)57(50)60/h1-35,37,39-40H,36,38H2. The molecule has 3 aliphatic rings. The lowest BCUT2D eigenvalue weighted by Gasteiger charge is -2.49. The fraction of sp³-hybridized carbons (Fsp3) is 0.0667. The Morgan fingerprint density at radius 1 is 0.323 bits per heavy atom. The van der Waals surface area contributed by atoms with Crippen LogP contribution >= 0.6 is 0 Å². The second-order valence-electron chi connectivity index (χ2n) is 16.7. The summed E-state index contributed by atoms with van der Waals surface area (Å²) in [7, 11) is 0. The van der Waals surface area contributed by atoms with Gasteiger partial charge in [0.25, 0.3) is 0 Å². The average Bonchev–Trinajstić information content (AvgIpc) is 3.67. The van der Waals surface area contributed by atoms with Gasteiger partial charge in [-0.2, -0.15) is 0 Å². The van der Waals surface area contributed by atoms with Crippen LogP contribution in [0.1, 0.15) is 68.6 Å². The molecule has 0 N–H and O–H groups in total. The Morgan fingerprint density at radius 3 is 1.50 bits per heavy atom. The zero-order valence-corrected chi connectivity index (χ0v) is 34.2. The first-order valence-electron chi connectivity index (χ1n) is 21.7. The van der Waals surface area contributed by atoms with Gasteiger partial charge in [-0.15, -0.1) is 0 Å². The highest BCUT2D eigenvalue weighted by molar-refractivity contribution is 5.92. The monoisotopic (exact) mass is 790 g/mol. The van der Waals surface area contributed by atoms with Crippen LogP contribution in [0.4, 0.5) is 0 Å². The van der Waals surface area contributed by atoms with Gasteiger partial charge in [0.2, 0.25) is 0 Å². The van der Waals surface area contributed by atoms with Gasteiger partial charge in [0.15, 0.2) is 5.82 Å². The number of rotatable bonds is 7. The van der Waals surface area contributed by atoms with Crippen LogP contribution < -0.4 is 0 Å². The third kappa shape index (κ3) is 5.36. The Kier molecular flexibility index (Phi) is 8.47. The third-order valence-electron chi connectivity index (χ3n) is 13.6. The molecule has 292 valence electrons. The maximum absolute atomic E-state index is 5.43. The molecule has 0 fully saturated rings. The van der Waals surface area contributed by atoms with E-state index in [1.807, 2.05) is 0 Å². The second kappa shape index (κ2) is 14.5. The molecule has 0 amide bonds. The molecular weight excluding hydrogens is 749 g/mol. The van der Waals surface area contributed by atoms with Crippen molar-refractivity contribution in [2.75, 3.05) is 0 Å². The zero-order valence-electron chi connectivity index (χ0n) is 34.2. The third-order valence-corrected chi connectivity index (χ3v) is 13.6. The molecule has 2 atom stereocenters. The summed E-state index contributed by atoms with van der Waals surface area (Å²) in [5.74, 6) is 0.721. The van der Waals surface area contributed by atoms with E-state index in [0.717, 1.165) is 41.2 Å². The van der Waals surface area contributed by atoms with Crippen LogP contribution in [-0.4, -0.2) is 9.97 Å². The van der Waals surface area contributed by atoms with Crippen molar-refractivity contribution in [1.29, 1.82) is 0 Å². The highest BCUT2D eigenvalue weighted by atomic mass is 14.9. The van der Waals surface area contributed by atoms with E-state index in [1.54, 1.807) is 0 Å². The van der Waals surface area contributed by atoms with Crippen LogP contribution in [-0.2, 0) is 10.8 Å². The molecule has 1 heterocycles. The molecule has 2 nitrogen and oxygen atoms in total. The van der Waals surface area contributed by atoms with Gasteiger partial charge >= 0.3 is 0 Å². The fourth-order valence-electron chi connectivity index (χ4n) is 11.0. The van der Waals surface area contributed by atoms with Gasteiger partial charge in [-0.1, -0.05) is 218 Å². The van der Waals surface area contributed by atoms with E-state index in [2.05, 4.69) is 231 Å². The lowest BCUT2D eigenvalue weighted by molar-refractivity contribution is 0.627. The minimum Gasteiger partial charge on any atom is -0.228 e. The molecule has 2 unspecified atom stereocenters. The van der Waals surface area contributed by atoms with E-state index in [0.29, 0.717) is 0 Å². The summed E-state index contributed by atoms with van der Waals surface area (Å²) >= 11 is 0. The molecule has 0 saturated heterocycles. The van der Waals surface area contributed by atoms with E-state index in [1.165, 1.54) is 72.3 Å². The highest BCUT2D eigenvalue weighted by Gasteiger charge is 2.57. The largest absolute Gasteiger partial charge is 0.228 e. The minimum atomic E-state index is -0.663. The maximum Gasteiger partial charge on any atom is 0.160 e. The topological polar surface area (TPSA) is 25.8 Å². The Bertz CT molecular complexity index is 3220. The van der Waals surface area contributed by atoms with Gasteiger partial charge in [0, 0.05) is 11.1 Å². The van der Waals surface area contributed by atoms with Crippen molar-refractivity contribution in [2.24, 2.45) is 0 Å². The quantitative estimate of drug-likeness (QED) is 0.161. The molecule has 8 aromatic carbocycles. The lowest BCUT2D eigenvalue weighted by atomic mass is 9.51. The fourth-order valence-corrected chi connectivity index (χ4v) is 11.0. The summed E-state index contributed by atoms with van der Waals surface area (Å²) in [6.07, 6.45) is 6.40. The van der Waals surface area contributed by atoms with Gasteiger partial charge in [-0.25, -0.2) is 9.97 Å². The Morgan fingerprint density at radius 2 is 0.806 bits per heavy atom. The Balaban J connectivity index is 1.11. The molecule has 0 spiro atoms.